The molecule has 0 saturated heterocycles. The lowest BCUT2D eigenvalue weighted by molar-refractivity contribution is -0.147. The fourth-order valence-electron chi connectivity index (χ4n) is 3.27. The Hall–Kier alpha value is -3.50. The van der Waals surface area contributed by atoms with Crippen LogP contribution in [0.25, 0.3) is 5.57 Å². The number of nitrogens with one attached hydrogen (secondary N) is 1. The highest BCUT2D eigenvalue weighted by Gasteiger charge is 2.32. The molecule has 0 fully saturated rings. The molecule has 10 heteroatoms. The number of carbonyl (C=O) groups is 3. The van der Waals surface area contributed by atoms with E-state index in [1.165, 1.54) is 0 Å². The summed E-state index contributed by atoms with van der Waals surface area (Å²) in [6, 6.07) is 9.75. The van der Waals surface area contributed by atoms with Crippen LogP contribution >= 0.6 is 11.3 Å². The third-order valence-corrected chi connectivity index (χ3v) is 6.05. The molecular formula is C22H22N2O7S. The first kappa shape index (κ1) is 23.2. The van der Waals surface area contributed by atoms with Gasteiger partial charge in [0.25, 0.3) is 0 Å². The van der Waals surface area contributed by atoms with Crippen molar-refractivity contribution in [3.8, 4) is 0 Å². The third-order valence-electron chi connectivity index (χ3n) is 4.81. The van der Waals surface area contributed by atoms with Crippen LogP contribution in [0, 0.1) is 0 Å². The minimum Gasteiger partial charge on any atom is -0.478 e. The van der Waals surface area contributed by atoms with E-state index in [2.05, 4.69) is 10.3 Å². The van der Waals surface area contributed by atoms with Crippen molar-refractivity contribution in [2.24, 2.45) is 4.99 Å². The van der Waals surface area contributed by atoms with Crippen LogP contribution in [0.2, 0.25) is 0 Å². The second kappa shape index (κ2) is 10.2. The number of hydrogen-bond donors (Lipinski definition) is 3. The number of amides is 1. The van der Waals surface area contributed by atoms with Crippen molar-refractivity contribution in [3.63, 3.8) is 0 Å². The summed E-state index contributed by atoms with van der Waals surface area (Å²) in [5.74, 6) is -3.87. The van der Waals surface area contributed by atoms with Gasteiger partial charge in [-0.3, -0.25) is 9.79 Å². The molecule has 1 atom stereocenters. The predicted molar refractivity (Wildman–Crippen MR) is 119 cm³/mol. The number of nitrogens with zero attached hydrogens (tertiary/aromatic N) is 1. The van der Waals surface area contributed by atoms with Crippen LogP contribution < -0.4 is 5.32 Å². The summed E-state index contributed by atoms with van der Waals surface area (Å²) in [5, 5.41) is 20.6. The van der Waals surface area contributed by atoms with Crippen LogP contribution in [0.15, 0.2) is 41.4 Å². The summed E-state index contributed by atoms with van der Waals surface area (Å²) in [7, 11) is 1.60. The van der Waals surface area contributed by atoms with Crippen LogP contribution in [-0.2, 0) is 25.5 Å². The predicted octanol–water partition coefficient (Wildman–Crippen LogP) is 3.23. The molecule has 1 unspecified atom stereocenters. The van der Waals surface area contributed by atoms with Gasteiger partial charge in [-0.2, -0.15) is 0 Å². The Kier molecular flexibility index (Phi) is 7.39. The molecule has 2 heterocycles. The lowest BCUT2D eigenvalue weighted by Crippen LogP contribution is -2.23. The third kappa shape index (κ3) is 5.21. The fraction of sp³-hybridized carbons (Fsp3) is 0.273. The number of allylic oxidation sites excluding steroid dienone is 1. The van der Waals surface area contributed by atoms with Crippen LogP contribution in [0.1, 0.15) is 39.4 Å². The molecule has 1 aromatic heterocycles. The molecule has 0 spiro atoms. The van der Waals surface area contributed by atoms with Gasteiger partial charge in [0.1, 0.15) is 17.7 Å². The maximum atomic E-state index is 11.8. The number of fused-ring (bicyclic) bond motifs is 1. The second-order valence-electron chi connectivity index (χ2n) is 6.89. The topological polar surface area (TPSA) is 135 Å². The first-order valence-corrected chi connectivity index (χ1v) is 10.5. The van der Waals surface area contributed by atoms with E-state index >= 15 is 0 Å². The Labute approximate surface area is 188 Å². The van der Waals surface area contributed by atoms with E-state index in [1.807, 2.05) is 37.3 Å². The zero-order valence-corrected chi connectivity index (χ0v) is 18.3. The average molecular weight is 458 g/mol. The maximum Gasteiger partial charge on any atom is 0.394 e. The Morgan fingerprint density at radius 3 is 2.62 bits per heavy atom. The van der Waals surface area contributed by atoms with Crippen LogP contribution in [0.5, 0.6) is 0 Å². The molecule has 3 rings (SSSR count). The first-order chi connectivity index (χ1) is 15.3. The number of anilines is 1. The van der Waals surface area contributed by atoms with Gasteiger partial charge in [-0.05, 0) is 30.0 Å². The highest BCUT2D eigenvalue weighted by Crippen LogP contribution is 2.41. The summed E-state index contributed by atoms with van der Waals surface area (Å²) < 4.78 is 11.6. The molecule has 0 bridgehead atoms. The average Bonchev–Trinajstić information content (AvgIpc) is 3.15. The number of rotatable bonds is 6. The maximum absolute atomic E-state index is 11.8. The minimum atomic E-state index is -1.70. The van der Waals surface area contributed by atoms with Gasteiger partial charge in [-0.25, -0.2) is 9.59 Å². The largest absolute Gasteiger partial charge is 0.478 e. The molecular weight excluding hydrogens is 436 g/mol. The number of aliphatic imine (C=N–C) groups is 1. The van der Waals surface area contributed by atoms with Crippen molar-refractivity contribution < 1.29 is 34.1 Å². The summed E-state index contributed by atoms with van der Waals surface area (Å²) in [6.07, 6.45) is 1.54. The van der Waals surface area contributed by atoms with E-state index in [0.29, 0.717) is 22.8 Å². The minimum absolute atomic E-state index is 0.0328. The normalized spacial score (nSPS) is 16.2. The van der Waals surface area contributed by atoms with Crippen molar-refractivity contribution in [1.29, 1.82) is 0 Å². The van der Waals surface area contributed by atoms with E-state index in [9.17, 15) is 19.5 Å². The van der Waals surface area contributed by atoms with Crippen molar-refractivity contribution in [1.82, 2.24) is 0 Å². The molecule has 0 radical (unpaired) electrons. The number of thiophene rings is 1. The number of aromatic carboxylic acids is 1. The van der Waals surface area contributed by atoms with Gasteiger partial charge in [-0.15, -0.1) is 11.3 Å². The van der Waals surface area contributed by atoms with E-state index < -0.39 is 23.9 Å². The number of carboxylic acid groups (broad SMARTS) is 2. The van der Waals surface area contributed by atoms with Crippen molar-refractivity contribution in [2.75, 3.05) is 25.6 Å². The number of aliphatic carboxylic acids is 1. The standard InChI is InChI=1S/C22H22N2O7S/c1-12(13-6-4-3-5-7-13)10-16(23-2)31-11-15-18-14(8-9-30-15)17(21(26)27)20(32-18)24-19(25)22(28)29/h3-7,10,15H,8-9,11H2,1-2H3,(H,24,25)(H,26,27)(H,28,29)/b12-10+,23-16?. The zero-order valence-electron chi connectivity index (χ0n) is 17.5. The molecule has 1 amide bonds. The summed E-state index contributed by atoms with van der Waals surface area (Å²) in [5.41, 5.74) is 2.38. The second-order valence-corrected chi connectivity index (χ2v) is 7.94. The fourth-order valence-corrected chi connectivity index (χ4v) is 4.54. The first-order valence-electron chi connectivity index (χ1n) is 9.69. The van der Waals surface area contributed by atoms with E-state index in [1.54, 1.807) is 13.1 Å². The molecule has 1 aromatic carbocycles. The molecule has 1 aliphatic rings. The summed E-state index contributed by atoms with van der Waals surface area (Å²) in [6.45, 7) is 2.28. The van der Waals surface area contributed by atoms with Gasteiger partial charge in [0.2, 0.25) is 5.90 Å². The number of ether oxygens (including phenoxy) is 2. The molecule has 0 saturated carbocycles. The molecule has 3 N–H and O–H groups in total. The smallest absolute Gasteiger partial charge is 0.394 e. The molecule has 0 aliphatic carbocycles. The lowest BCUT2D eigenvalue weighted by Gasteiger charge is -2.23. The van der Waals surface area contributed by atoms with Crippen LogP contribution in [-0.4, -0.2) is 54.2 Å². The van der Waals surface area contributed by atoms with Gasteiger partial charge in [0, 0.05) is 18.0 Å². The summed E-state index contributed by atoms with van der Waals surface area (Å²) in [4.78, 5) is 39.0. The Bertz CT molecular complexity index is 1090. The van der Waals surface area contributed by atoms with Gasteiger partial charge in [-0.1, -0.05) is 30.3 Å². The number of benzene rings is 1. The molecule has 1 aliphatic heterocycles. The molecule has 32 heavy (non-hydrogen) atoms. The van der Waals surface area contributed by atoms with Crippen LogP contribution in [0.4, 0.5) is 5.00 Å². The quantitative estimate of drug-likeness (QED) is 0.344. The zero-order chi connectivity index (χ0) is 23.3. The van der Waals surface area contributed by atoms with Crippen LogP contribution in [0.3, 0.4) is 0 Å². The highest BCUT2D eigenvalue weighted by molar-refractivity contribution is 7.17. The van der Waals surface area contributed by atoms with Crippen molar-refractivity contribution in [2.45, 2.75) is 19.4 Å². The number of hydrogen-bond acceptors (Lipinski definition) is 7. The highest BCUT2D eigenvalue weighted by atomic mass is 32.1. The van der Waals surface area contributed by atoms with Gasteiger partial charge < -0.3 is 25.0 Å². The van der Waals surface area contributed by atoms with E-state index in [4.69, 9.17) is 14.6 Å². The summed E-state index contributed by atoms with van der Waals surface area (Å²) >= 11 is 0.978. The molecule has 9 nitrogen and oxygen atoms in total. The monoisotopic (exact) mass is 458 g/mol. The van der Waals surface area contributed by atoms with Gasteiger partial charge in [0.15, 0.2) is 0 Å². The number of carboxylic acids is 2. The van der Waals surface area contributed by atoms with Crippen molar-refractivity contribution >= 4 is 45.7 Å². The van der Waals surface area contributed by atoms with E-state index in [0.717, 1.165) is 22.5 Å². The SMILES string of the molecule is CN=C(/C=C(\C)c1ccccc1)OCC1OCCc2c1sc(NC(=O)C(=O)O)c2C(=O)O. The Morgan fingerprint density at radius 2 is 2.00 bits per heavy atom. The molecule has 2 aromatic rings. The Balaban J connectivity index is 1.80. The Morgan fingerprint density at radius 1 is 1.28 bits per heavy atom. The van der Waals surface area contributed by atoms with Crippen molar-refractivity contribution in [3.05, 3.63) is 58.0 Å². The van der Waals surface area contributed by atoms with E-state index in [-0.39, 0.29) is 23.8 Å². The lowest BCUT2D eigenvalue weighted by atomic mass is 10.0. The van der Waals surface area contributed by atoms with Gasteiger partial charge >= 0.3 is 17.8 Å². The number of carbonyl (C=O) groups excluding carboxylic acids is 1. The van der Waals surface area contributed by atoms with Gasteiger partial charge in [0.05, 0.1) is 12.2 Å². The molecule has 168 valence electrons.